The van der Waals surface area contributed by atoms with E-state index in [-0.39, 0.29) is 5.78 Å². The number of hydrogen-bond donors (Lipinski definition) is 0. The minimum atomic E-state index is -0.0209. The van der Waals surface area contributed by atoms with Crippen LogP contribution in [0.2, 0.25) is 0 Å². The number of benzene rings is 1. The Morgan fingerprint density at radius 1 is 1.18 bits per heavy atom. The lowest BCUT2D eigenvalue weighted by molar-refractivity contribution is 0.104. The largest absolute Gasteiger partial charge is 0.289 e. The number of hydrogen-bond acceptors (Lipinski definition) is 2. The molecular weight excluding hydrogens is 278 g/mol. The van der Waals surface area contributed by atoms with Crippen molar-refractivity contribution in [1.29, 1.82) is 0 Å². The Labute approximate surface area is 108 Å². The van der Waals surface area contributed by atoms with Gasteiger partial charge in [-0.2, -0.15) is 0 Å². The highest BCUT2D eigenvalue weighted by atomic mass is 79.9. The first-order valence-electron chi connectivity index (χ1n) is 5.14. The number of nitrogens with zero attached hydrogens (tertiary/aromatic N) is 1. The number of carbonyl (C=O) groups excluding carboxylic acids is 1. The number of rotatable bonds is 3. The first kappa shape index (κ1) is 11.7. The average Bonchev–Trinajstić information content (AvgIpc) is 2.37. The van der Waals surface area contributed by atoms with E-state index < -0.39 is 0 Å². The van der Waals surface area contributed by atoms with Crippen molar-refractivity contribution in [1.82, 2.24) is 4.98 Å². The van der Waals surface area contributed by atoms with Gasteiger partial charge in [0.15, 0.2) is 5.78 Å². The van der Waals surface area contributed by atoms with Gasteiger partial charge in [-0.3, -0.25) is 9.78 Å². The van der Waals surface area contributed by atoms with Crippen molar-refractivity contribution in [3.63, 3.8) is 0 Å². The van der Waals surface area contributed by atoms with E-state index in [0.29, 0.717) is 5.56 Å². The molecule has 1 aromatic carbocycles. The van der Waals surface area contributed by atoms with Crippen LogP contribution in [0.4, 0.5) is 0 Å². The summed E-state index contributed by atoms with van der Waals surface area (Å²) >= 11 is 3.39. The fraction of sp³-hybridized carbons (Fsp3) is 0. The second-order valence-corrected chi connectivity index (χ2v) is 4.40. The first-order chi connectivity index (χ1) is 8.25. The summed E-state index contributed by atoms with van der Waals surface area (Å²) in [6, 6.07) is 11.2. The summed E-state index contributed by atoms with van der Waals surface area (Å²) < 4.78 is 0.996. The maximum absolute atomic E-state index is 11.8. The van der Waals surface area contributed by atoms with E-state index in [9.17, 15) is 4.79 Å². The van der Waals surface area contributed by atoms with Crippen molar-refractivity contribution in [2.45, 2.75) is 0 Å². The molecule has 0 bridgehead atoms. The summed E-state index contributed by atoms with van der Waals surface area (Å²) in [7, 11) is 0. The smallest absolute Gasteiger partial charge is 0.185 e. The molecule has 0 aliphatic carbocycles. The van der Waals surface area contributed by atoms with E-state index in [1.807, 2.05) is 24.3 Å². The van der Waals surface area contributed by atoms with Crippen LogP contribution >= 0.6 is 15.9 Å². The van der Waals surface area contributed by atoms with Gasteiger partial charge in [0, 0.05) is 22.4 Å². The van der Waals surface area contributed by atoms with Crippen LogP contribution in [-0.2, 0) is 0 Å². The van der Waals surface area contributed by atoms with Crippen LogP contribution in [0.5, 0.6) is 0 Å². The van der Waals surface area contributed by atoms with Crippen LogP contribution in [0.15, 0.2) is 59.3 Å². The van der Waals surface area contributed by atoms with Crippen molar-refractivity contribution in [2.24, 2.45) is 0 Å². The van der Waals surface area contributed by atoms with Crippen LogP contribution in [0.25, 0.3) is 6.08 Å². The molecular formula is C14H10BrNO. The van der Waals surface area contributed by atoms with E-state index >= 15 is 0 Å². The maximum atomic E-state index is 11.8. The van der Waals surface area contributed by atoms with Crippen LogP contribution in [-0.4, -0.2) is 10.8 Å². The van der Waals surface area contributed by atoms with Crippen LogP contribution in [0.1, 0.15) is 15.9 Å². The minimum Gasteiger partial charge on any atom is -0.289 e. The highest BCUT2D eigenvalue weighted by molar-refractivity contribution is 9.10. The van der Waals surface area contributed by atoms with E-state index in [4.69, 9.17) is 0 Å². The second kappa shape index (κ2) is 5.55. The van der Waals surface area contributed by atoms with Gasteiger partial charge in [-0.05, 0) is 35.9 Å². The number of pyridine rings is 1. The lowest BCUT2D eigenvalue weighted by Gasteiger charge is -1.95. The lowest BCUT2D eigenvalue weighted by atomic mass is 10.1. The molecule has 0 N–H and O–H groups in total. The zero-order valence-electron chi connectivity index (χ0n) is 9.01. The molecule has 0 atom stereocenters. The molecule has 0 unspecified atom stereocenters. The highest BCUT2D eigenvalue weighted by Gasteiger charge is 1.99. The number of carbonyl (C=O) groups is 1. The van der Waals surface area contributed by atoms with Gasteiger partial charge in [-0.15, -0.1) is 0 Å². The Hall–Kier alpha value is -1.74. The Kier molecular flexibility index (Phi) is 3.83. The fourth-order valence-electron chi connectivity index (χ4n) is 1.39. The molecule has 2 aromatic rings. The second-order valence-electron chi connectivity index (χ2n) is 3.49. The third kappa shape index (κ3) is 3.36. The average molecular weight is 288 g/mol. The van der Waals surface area contributed by atoms with Crippen molar-refractivity contribution >= 4 is 27.8 Å². The molecule has 0 amide bonds. The first-order valence-corrected chi connectivity index (χ1v) is 5.93. The Bertz CT molecular complexity index is 549. The normalized spacial score (nSPS) is 10.6. The Morgan fingerprint density at radius 2 is 1.94 bits per heavy atom. The Morgan fingerprint density at radius 3 is 2.65 bits per heavy atom. The topological polar surface area (TPSA) is 30.0 Å². The summed E-state index contributed by atoms with van der Waals surface area (Å²) in [5.41, 5.74) is 1.63. The monoisotopic (exact) mass is 287 g/mol. The molecule has 84 valence electrons. The molecule has 0 aliphatic rings. The van der Waals surface area contributed by atoms with Gasteiger partial charge in [0.25, 0.3) is 0 Å². The fourth-order valence-corrected chi connectivity index (χ4v) is 1.81. The van der Waals surface area contributed by atoms with E-state index in [2.05, 4.69) is 20.9 Å². The third-order valence-corrected chi connectivity index (χ3v) is 2.73. The van der Waals surface area contributed by atoms with Gasteiger partial charge in [-0.25, -0.2) is 0 Å². The molecule has 2 nitrogen and oxygen atoms in total. The Balaban J connectivity index is 2.14. The predicted octanol–water partition coefficient (Wildman–Crippen LogP) is 3.74. The highest BCUT2D eigenvalue weighted by Crippen LogP contribution is 2.13. The molecule has 3 heteroatoms. The van der Waals surface area contributed by atoms with Crippen molar-refractivity contribution in [2.75, 3.05) is 0 Å². The zero-order chi connectivity index (χ0) is 12.1. The number of halogens is 1. The standard InChI is InChI=1S/C14H10BrNO/c15-13-3-1-2-11(10-13)4-5-14(17)12-6-8-16-9-7-12/h1-10H. The SMILES string of the molecule is O=C(C=Cc1cccc(Br)c1)c1ccncc1. The quantitative estimate of drug-likeness (QED) is 0.636. The van der Waals surface area contributed by atoms with Gasteiger partial charge >= 0.3 is 0 Å². The van der Waals surface area contributed by atoms with Crippen molar-refractivity contribution < 1.29 is 4.79 Å². The molecule has 0 spiro atoms. The molecule has 0 saturated carbocycles. The number of aromatic nitrogens is 1. The summed E-state index contributed by atoms with van der Waals surface area (Å²) in [6.07, 6.45) is 6.59. The molecule has 0 saturated heterocycles. The van der Waals surface area contributed by atoms with Gasteiger partial charge in [-0.1, -0.05) is 34.1 Å². The van der Waals surface area contributed by atoms with Crippen LogP contribution in [0.3, 0.4) is 0 Å². The van der Waals surface area contributed by atoms with Crippen molar-refractivity contribution in [3.05, 3.63) is 70.5 Å². The summed E-state index contributed by atoms with van der Waals surface area (Å²) in [5, 5.41) is 0. The van der Waals surface area contributed by atoms with Gasteiger partial charge < -0.3 is 0 Å². The molecule has 2 rings (SSSR count). The summed E-state index contributed by atoms with van der Waals surface area (Å²) in [6.45, 7) is 0. The maximum Gasteiger partial charge on any atom is 0.185 e. The molecule has 0 radical (unpaired) electrons. The summed E-state index contributed by atoms with van der Waals surface area (Å²) in [5.74, 6) is -0.0209. The van der Waals surface area contributed by atoms with Crippen LogP contribution in [0, 0.1) is 0 Å². The van der Waals surface area contributed by atoms with Gasteiger partial charge in [0.1, 0.15) is 0 Å². The van der Waals surface area contributed by atoms with Crippen molar-refractivity contribution in [3.8, 4) is 0 Å². The number of allylic oxidation sites excluding steroid dienone is 1. The van der Waals surface area contributed by atoms with Crippen LogP contribution < -0.4 is 0 Å². The van der Waals surface area contributed by atoms with E-state index in [0.717, 1.165) is 10.0 Å². The zero-order valence-corrected chi connectivity index (χ0v) is 10.6. The molecule has 0 aliphatic heterocycles. The van der Waals surface area contributed by atoms with Gasteiger partial charge in [0.05, 0.1) is 0 Å². The molecule has 1 heterocycles. The predicted molar refractivity (Wildman–Crippen MR) is 71.7 cm³/mol. The molecule has 1 aromatic heterocycles. The summed E-state index contributed by atoms with van der Waals surface area (Å²) in [4.78, 5) is 15.7. The third-order valence-electron chi connectivity index (χ3n) is 2.24. The molecule has 17 heavy (non-hydrogen) atoms. The van der Waals surface area contributed by atoms with E-state index in [1.54, 1.807) is 36.7 Å². The van der Waals surface area contributed by atoms with E-state index in [1.165, 1.54) is 0 Å². The minimum absolute atomic E-state index is 0.0209. The lowest BCUT2D eigenvalue weighted by Crippen LogP contribution is -1.93. The number of ketones is 1. The van der Waals surface area contributed by atoms with Gasteiger partial charge in [0.2, 0.25) is 0 Å². The molecule has 0 fully saturated rings.